The molecule has 2 aromatic rings. The van der Waals surface area contributed by atoms with Crippen LogP contribution in [-0.2, 0) is 6.54 Å². The quantitative estimate of drug-likeness (QED) is 0.903. The summed E-state index contributed by atoms with van der Waals surface area (Å²) in [6.45, 7) is 3.46. The molecule has 0 spiro atoms. The molecule has 0 aliphatic rings. The van der Waals surface area contributed by atoms with Crippen molar-refractivity contribution < 1.29 is 4.79 Å². The van der Waals surface area contributed by atoms with Crippen molar-refractivity contribution in [3.05, 3.63) is 65.5 Å². The highest BCUT2D eigenvalue weighted by molar-refractivity contribution is 5.94. The predicted molar refractivity (Wildman–Crippen MR) is 79.2 cm³/mol. The van der Waals surface area contributed by atoms with E-state index in [1.165, 1.54) is 0 Å². The summed E-state index contributed by atoms with van der Waals surface area (Å²) in [5, 5.41) is 0. The number of nitrogens with two attached hydrogens (primary N) is 1. The maximum Gasteiger partial charge on any atom is 0.255 e. The molecule has 1 heterocycles. The van der Waals surface area contributed by atoms with E-state index in [1.807, 2.05) is 43.3 Å². The second-order valence-corrected chi connectivity index (χ2v) is 4.75. The van der Waals surface area contributed by atoms with Crippen LogP contribution in [0.3, 0.4) is 0 Å². The summed E-state index contributed by atoms with van der Waals surface area (Å²) in [5.41, 5.74) is 8.29. The number of aromatic nitrogens is 1. The summed E-state index contributed by atoms with van der Waals surface area (Å²) in [7, 11) is 0. The van der Waals surface area contributed by atoms with Gasteiger partial charge in [0.15, 0.2) is 0 Å². The molecule has 2 N–H and O–H groups in total. The highest BCUT2D eigenvalue weighted by Crippen LogP contribution is 2.10. The first-order valence-corrected chi connectivity index (χ1v) is 6.65. The van der Waals surface area contributed by atoms with Gasteiger partial charge in [0.05, 0.1) is 5.56 Å². The van der Waals surface area contributed by atoms with Gasteiger partial charge in [-0.3, -0.25) is 9.78 Å². The van der Waals surface area contributed by atoms with Crippen LogP contribution in [0.25, 0.3) is 0 Å². The van der Waals surface area contributed by atoms with Gasteiger partial charge in [0.2, 0.25) is 0 Å². The van der Waals surface area contributed by atoms with Crippen LogP contribution in [0.2, 0.25) is 0 Å². The van der Waals surface area contributed by atoms with E-state index in [-0.39, 0.29) is 5.91 Å². The summed E-state index contributed by atoms with van der Waals surface area (Å²) in [5.74, 6) is -0.0319. The molecule has 0 fully saturated rings. The summed E-state index contributed by atoms with van der Waals surface area (Å²) >= 11 is 0. The molecule has 1 amide bonds. The van der Waals surface area contributed by atoms with Crippen molar-refractivity contribution in [2.24, 2.45) is 5.73 Å². The molecular weight excluding hydrogens is 250 g/mol. The molecule has 0 bridgehead atoms. The first-order valence-electron chi connectivity index (χ1n) is 6.65. The summed E-state index contributed by atoms with van der Waals surface area (Å²) < 4.78 is 0. The fraction of sp³-hybridized carbons (Fsp3) is 0.250. The molecule has 0 aliphatic carbocycles. The zero-order valence-corrected chi connectivity index (χ0v) is 11.6. The van der Waals surface area contributed by atoms with Gasteiger partial charge in [-0.25, -0.2) is 0 Å². The lowest BCUT2D eigenvalue weighted by molar-refractivity contribution is 0.0747. The molecule has 0 unspecified atom stereocenters. The number of hydrogen-bond acceptors (Lipinski definition) is 3. The Labute approximate surface area is 119 Å². The third-order valence-electron chi connectivity index (χ3n) is 3.02. The number of pyridine rings is 1. The number of nitrogens with zero attached hydrogens (tertiary/aromatic N) is 2. The Morgan fingerprint density at radius 3 is 2.65 bits per heavy atom. The van der Waals surface area contributed by atoms with Crippen molar-refractivity contribution in [1.82, 2.24) is 9.88 Å². The zero-order valence-electron chi connectivity index (χ0n) is 11.6. The molecule has 1 aromatic heterocycles. The van der Waals surface area contributed by atoms with Gasteiger partial charge in [-0.15, -0.1) is 0 Å². The van der Waals surface area contributed by atoms with E-state index >= 15 is 0 Å². The normalized spacial score (nSPS) is 10.3. The Balaban J connectivity index is 2.18. The smallest absolute Gasteiger partial charge is 0.255 e. The Kier molecular flexibility index (Phi) is 4.85. The topological polar surface area (TPSA) is 59.2 Å². The van der Waals surface area contributed by atoms with Crippen molar-refractivity contribution in [2.45, 2.75) is 13.5 Å². The molecule has 2 rings (SSSR count). The molecular formula is C16H19N3O. The van der Waals surface area contributed by atoms with Crippen LogP contribution in [0.15, 0.2) is 48.8 Å². The van der Waals surface area contributed by atoms with Crippen molar-refractivity contribution in [3.8, 4) is 0 Å². The van der Waals surface area contributed by atoms with E-state index in [2.05, 4.69) is 4.98 Å². The number of rotatable bonds is 5. The molecule has 1 aromatic carbocycles. The van der Waals surface area contributed by atoms with E-state index in [1.54, 1.807) is 17.3 Å². The number of carbonyl (C=O) groups excluding carboxylic acids is 1. The lowest BCUT2D eigenvalue weighted by atomic mass is 10.1. The van der Waals surface area contributed by atoms with Gasteiger partial charge in [0.25, 0.3) is 5.91 Å². The summed E-state index contributed by atoms with van der Waals surface area (Å²) in [4.78, 5) is 18.4. The van der Waals surface area contributed by atoms with Crippen LogP contribution in [0.1, 0.15) is 21.5 Å². The third kappa shape index (κ3) is 3.65. The Bertz CT molecular complexity index is 569. The number of benzene rings is 1. The SMILES string of the molecule is Cc1cncc(C(=O)N(CCN)Cc2ccccc2)c1. The Morgan fingerprint density at radius 1 is 1.25 bits per heavy atom. The van der Waals surface area contributed by atoms with Gasteiger partial charge in [0, 0.05) is 32.0 Å². The summed E-state index contributed by atoms with van der Waals surface area (Å²) in [6, 6.07) is 11.8. The second kappa shape index (κ2) is 6.82. The lowest BCUT2D eigenvalue weighted by Crippen LogP contribution is -2.35. The van der Waals surface area contributed by atoms with Crippen LogP contribution < -0.4 is 5.73 Å². The molecule has 0 atom stereocenters. The van der Waals surface area contributed by atoms with Gasteiger partial charge in [-0.1, -0.05) is 30.3 Å². The van der Waals surface area contributed by atoms with E-state index < -0.39 is 0 Å². The van der Waals surface area contributed by atoms with E-state index in [0.717, 1.165) is 11.1 Å². The van der Waals surface area contributed by atoms with Gasteiger partial charge in [-0.2, -0.15) is 0 Å². The van der Waals surface area contributed by atoms with Crippen molar-refractivity contribution in [3.63, 3.8) is 0 Å². The van der Waals surface area contributed by atoms with Gasteiger partial charge >= 0.3 is 0 Å². The fourth-order valence-electron chi connectivity index (χ4n) is 2.07. The standard InChI is InChI=1S/C16H19N3O/c1-13-9-15(11-18-10-13)16(20)19(8-7-17)12-14-5-3-2-4-6-14/h2-6,9-11H,7-8,12,17H2,1H3. The maximum absolute atomic E-state index is 12.5. The van der Waals surface area contributed by atoms with Crippen LogP contribution in [0, 0.1) is 6.92 Å². The van der Waals surface area contributed by atoms with Crippen LogP contribution >= 0.6 is 0 Å². The van der Waals surface area contributed by atoms with Crippen LogP contribution in [0.5, 0.6) is 0 Å². The molecule has 0 saturated carbocycles. The number of carbonyl (C=O) groups is 1. The number of hydrogen-bond donors (Lipinski definition) is 1. The zero-order chi connectivity index (χ0) is 14.4. The molecule has 0 radical (unpaired) electrons. The van der Waals surface area contributed by atoms with Crippen molar-refractivity contribution in [2.75, 3.05) is 13.1 Å². The minimum absolute atomic E-state index is 0.0319. The first-order chi connectivity index (χ1) is 9.70. The predicted octanol–water partition coefficient (Wildman–Crippen LogP) is 1.99. The minimum Gasteiger partial charge on any atom is -0.333 e. The number of amides is 1. The Hall–Kier alpha value is -2.20. The monoisotopic (exact) mass is 269 g/mol. The molecule has 0 saturated heterocycles. The minimum atomic E-state index is -0.0319. The highest BCUT2D eigenvalue weighted by Gasteiger charge is 2.15. The molecule has 20 heavy (non-hydrogen) atoms. The molecule has 0 aliphatic heterocycles. The first kappa shape index (κ1) is 14.2. The average molecular weight is 269 g/mol. The molecule has 4 heteroatoms. The second-order valence-electron chi connectivity index (χ2n) is 4.75. The van der Waals surface area contributed by atoms with Gasteiger partial charge in [0.1, 0.15) is 0 Å². The van der Waals surface area contributed by atoms with E-state index in [0.29, 0.717) is 25.2 Å². The maximum atomic E-state index is 12.5. The van der Waals surface area contributed by atoms with Gasteiger partial charge < -0.3 is 10.6 Å². The lowest BCUT2D eigenvalue weighted by Gasteiger charge is -2.22. The van der Waals surface area contributed by atoms with Crippen molar-refractivity contribution in [1.29, 1.82) is 0 Å². The fourth-order valence-corrected chi connectivity index (χ4v) is 2.07. The molecule has 104 valence electrons. The average Bonchev–Trinajstić information content (AvgIpc) is 2.47. The summed E-state index contributed by atoms with van der Waals surface area (Å²) in [6.07, 6.45) is 3.34. The van der Waals surface area contributed by atoms with Crippen LogP contribution in [0.4, 0.5) is 0 Å². The van der Waals surface area contributed by atoms with Crippen molar-refractivity contribution >= 4 is 5.91 Å². The largest absolute Gasteiger partial charge is 0.333 e. The van der Waals surface area contributed by atoms with Crippen LogP contribution in [-0.4, -0.2) is 28.9 Å². The Morgan fingerprint density at radius 2 is 2.00 bits per heavy atom. The van der Waals surface area contributed by atoms with Gasteiger partial charge in [-0.05, 0) is 24.1 Å². The van der Waals surface area contributed by atoms with E-state index in [4.69, 9.17) is 5.73 Å². The third-order valence-corrected chi connectivity index (χ3v) is 3.02. The highest BCUT2D eigenvalue weighted by atomic mass is 16.2. The number of aryl methyl sites for hydroxylation is 1. The molecule has 4 nitrogen and oxygen atoms in total. The van der Waals surface area contributed by atoms with E-state index in [9.17, 15) is 4.79 Å².